The molecule has 6 nitrogen and oxygen atoms in total. The van der Waals surface area contributed by atoms with Gasteiger partial charge < -0.3 is 14.2 Å². The van der Waals surface area contributed by atoms with Gasteiger partial charge in [-0.15, -0.1) is 0 Å². The van der Waals surface area contributed by atoms with Gasteiger partial charge in [0, 0.05) is 37.3 Å². The van der Waals surface area contributed by atoms with Gasteiger partial charge in [-0.25, -0.2) is 0 Å². The summed E-state index contributed by atoms with van der Waals surface area (Å²) in [7, 11) is 0. The molecule has 0 bridgehead atoms. The first-order chi connectivity index (χ1) is 16.0. The number of carbonyl (C=O) groups is 1. The molecule has 0 atom stereocenters. The van der Waals surface area contributed by atoms with Crippen molar-refractivity contribution in [2.75, 3.05) is 46.1 Å². The summed E-state index contributed by atoms with van der Waals surface area (Å²) >= 11 is 12.1. The van der Waals surface area contributed by atoms with E-state index < -0.39 is 0 Å². The molecule has 2 aromatic rings. The molecule has 3 aliphatic rings. The van der Waals surface area contributed by atoms with Crippen LogP contribution in [-0.2, 0) is 11.3 Å². The largest absolute Gasteiger partial charge is 0.477 e. The molecule has 0 amide bonds. The standard InChI is InChI=1S/C25H26Cl2N2O4/c1-16-24-18(14-29(15-32-24)6-2-5-28-7-9-31-10-8-28)13-19-23(30)22(33-25(16)19)12-17-3-4-20(26)21(27)11-17/h3-4,11-13H,2,5-10,14-15H2,1H3/b22-12-. The number of Topliss-reactive ketones (excluding diaryl/α,β-unsaturated/α-hetero) is 1. The molecule has 0 radical (unpaired) electrons. The number of allylic oxidation sites excluding steroid dienone is 1. The summed E-state index contributed by atoms with van der Waals surface area (Å²) in [6.07, 6.45) is 2.77. The molecular formula is C25H26Cl2N2O4. The van der Waals surface area contributed by atoms with E-state index in [4.69, 9.17) is 37.4 Å². The van der Waals surface area contributed by atoms with Crippen LogP contribution in [0.25, 0.3) is 6.08 Å². The normalized spacial score (nSPS) is 19.8. The van der Waals surface area contributed by atoms with E-state index in [2.05, 4.69) is 9.80 Å². The van der Waals surface area contributed by atoms with Crippen molar-refractivity contribution in [2.45, 2.75) is 19.9 Å². The van der Waals surface area contributed by atoms with Crippen LogP contribution in [0.2, 0.25) is 10.0 Å². The Bertz CT molecular complexity index is 1110. The number of rotatable bonds is 5. The quantitative estimate of drug-likeness (QED) is 0.563. The zero-order valence-corrected chi connectivity index (χ0v) is 20.0. The number of ether oxygens (including phenoxy) is 3. The highest BCUT2D eigenvalue weighted by Crippen LogP contribution is 2.43. The average molecular weight is 489 g/mol. The van der Waals surface area contributed by atoms with Crippen LogP contribution in [-0.4, -0.2) is 61.7 Å². The zero-order valence-electron chi connectivity index (χ0n) is 18.5. The van der Waals surface area contributed by atoms with Gasteiger partial charge in [0.2, 0.25) is 5.78 Å². The minimum absolute atomic E-state index is 0.133. The molecule has 5 rings (SSSR count). The first-order valence-corrected chi connectivity index (χ1v) is 12.0. The van der Waals surface area contributed by atoms with Gasteiger partial charge in [-0.2, -0.15) is 0 Å². The van der Waals surface area contributed by atoms with Gasteiger partial charge in [-0.3, -0.25) is 14.6 Å². The fourth-order valence-corrected chi connectivity index (χ4v) is 4.84. The second-order valence-electron chi connectivity index (χ2n) is 8.61. The van der Waals surface area contributed by atoms with Crippen molar-refractivity contribution < 1.29 is 19.0 Å². The van der Waals surface area contributed by atoms with Crippen LogP contribution in [0.1, 0.15) is 33.5 Å². The lowest BCUT2D eigenvalue weighted by atomic mass is 10.00. The maximum absolute atomic E-state index is 13.1. The molecule has 33 heavy (non-hydrogen) atoms. The van der Waals surface area contributed by atoms with E-state index in [9.17, 15) is 4.79 Å². The number of fused-ring (bicyclic) bond motifs is 2. The van der Waals surface area contributed by atoms with Gasteiger partial charge >= 0.3 is 0 Å². The van der Waals surface area contributed by atoms with E-state index in [0.29, 0.717) is 28.1 Å². The van der Waals surface area contributed by atoms with E-state index in [0.717, 1.165) is 74.8 Å². The molecule has 1 fully saturated rings. The number of morpholine rings is 1. The molecule has 8 heteroatoms. The molecule has 3 aliphatic heterocycles. The second kappa shape index (κ2) is 9.65. The number of carbonyl (C=O) groups excluding carboxylic acids is 1. The summed E-state index contributed by atoms with van der Waals surface area (Å²) in [5.41, 5.74) is 3.22. The van der Waals surface area contributed by atoms with Crippen molar-refractivity contribution in [3.8, 4) is 11.5 Å². The molecule has 2 aromatic carbocycles. The number of ketones is 1. The highest BCUT2D eigenvalue weighted by atomic mass is 35.5. The Labute approximate surface area is 203 Å². The van der Waals surface area contributed by atoms with Gasteiger partial charge in [-0.05, 0) is 49.7 Å². The van der Waals surface area contributed by atoms with Crippen molar-refractivity contribution >= 4 is 35.1 Å². The van der Waals surface area contributed by atoms with E-state index in [1.807, 2.05) is 13.0 Å². The van der Waals surface area contributed by atoms with Crippen molar-refractivity contribution in [2.24, 2.45) is 0 Å². The average Bonchev–Trinajstić information content (AvgIpc) is 3.12. The predicted octanol–water partition coefficient (Wildman–Crippen LogP) is 4.79. The summed E-state index contributed by atoms with van der Waals surface area (Å²) in [4.78, 5) is 17.8. The van der Waals surface area contributed by atoms with Gasteiger partial charge in [0.15, 0.2) is 5.76 Å². The van der Waals surface area contributed by atoms with E-state index in [-0.39, 0.29) is 11.5 Å². The van der Waals surface area contributed by atoms with Crippen LogP contribution >= 0.6 is 23.2 Å². The lowest BCUT2D eigenvalue weighted by Gasteiger charge is -2.31. The second-order valence-corrected chi connectivity index (χ2v) is 9.43. The third kappa shape index (κ3) is 4.77. The maximum Gasteiger partial charge on any atom is 0.231 e. The number of hydrogen-bond donors (Lipinski definition) is 0. The SMILES string of the molecule is Cc1c2c(cc3c1O/C(=C\c1ccc(Cl)c(Cl)c1)C3=O)CN(CCCN1CCOCC1)CO2. The summed E-state index contributed by atoms with van der Waals surface area (Å²) < 4.78 is 17.5. The van der Waals surface area contributed by atoms with Gasteiger partial charge in [0.1, 0.15) is 18.2 Å². The van der Waals surface area contributed by atoms with Crippen LogP contribution in [0.5, 0.6) is 11.5 Å². The number of hydrogen-bond acceptors (Lipinski definition) is 6. The van der Waals surface area contributed by atoms with Crippen LogP contribution < -0.4 is 9.47 Å². The Morgan fingerprint density at radius 2 is 1.82 bits per heavy atom. The number of halogens is 2. The maximum atomic E-state index is 13.1. The lowest BCUT2D eigenvalue weighted by Crippen LogP contribution is -2.39. The summed E-state index contributed by atoms with van der Waals surface area (Å²) in [5, 5.41) is 0.902. The fraction of sp³-hybridized carbons (Fsp3) is 0.400. The van der Waals surface area contributed by atoms with Crippen LogP contribution in [0.4, 0.5) is 0 Å². The molecule has 0 unspecified atom stereocenters. The molecule has 1 saturated heterocycles. The van der Waals surface area contributed by atoms with E-state index >= 15 is 0 Å². The van der Waals surface area contributed by atoms with E-state index in [1.165, 1.54) is 0 Å². The third-order valence-corrected chi connectivity index (χ3v) is 7.03. The van der Waals surface area contributed by atoms with Crippen LogP contribution in [0, 0.1) is 6.92 Å². The van der Waals surface area contributed by atoms with Gasteiger partial charge in [0.05, 0.1) is 28.8 Å². The molecule has 174 valence electrons. The van der Waals surface area contributed by atoms with Crippen molar-refractivity contribution in [3.05, 3.63) is 62.3 Å². The minimum atomic E-state index is -0.133. The Kier molecular flexibility index (Phi) is 6.63. The Hall–Kier alpha value is -2.09. The summed E-state index contributed by atoms with van der Waals surface area (Å²) in [5.74, 6) is 1.54. The smallest absolute Gasteiger partial charge is 0.231 e. The van der Waals surface area contributed by atoms with Crippen molar-refractivity contribution in [1.29, 1.82) is 0 Å². The van der Waals surface area contributed by atoms with Gasteiger partial charge in [-0.1, -0.05) is 29.3 Å². The van der Waals surface area contributed by atoms with Crippen molar-refractivity contribution in [1.82, 2.24) is 9.80 Å². The first-order valence-electron chi connectivity index (χ1n) is 11.2. The third-order valence-electron chi connectivity index (χ3n) is 6.30. The highest BCUT2D eigenvalue weighted by Gasteiger charge is 2.33. The first kappa shape index (κ1) is 22.7. The Balaban J connectivity index is 1.29. The molecular weight excluding hydrogens is 463 g/mol. The fourth-order valence-electron chi connectivity index (χ4n) is 4.54. The number of benzene rings is 2. The molecule has 0 aromatic heterocycles. The van der Waals surface area contributed by atoms with Gasteiger partial charge in [0.25, 0.3) is 0 Å². The molecule has 0 saturated carbocycles. The van der Waals surface area contributed by atoms with Crippen LogP contribution in [0.15, 0.2) is 30.0 Å². The molecule has 3 heterocycles. The predicted molar refractivity (Wildman–Crippen MR) is 128 cm³/mol. The Morgan fingerprint density at radius 1 is 1.03 bits per heavy atom. The summed E-state index contributed by atoms with van der Waals surface area (Å²) in [6.45, 7) is 8.90. The van der Waals surface area contributed by atoms with Crippen molar-refractivity contribution in [3.63, 3.8) is 0 Å². The van der Waals surface area contributed by atoms with Crippen LogP contribution in [0.3, 0.4) is 0 Å². The molecule has 0 spiro atoms. The topological polar surface area (TPSA) is 51.2 Å². The molecule has 0 N–H and O–H groups in total. The number of nitrogens with zero attached hydrogens (tertiary/aromatic N) is 2. The molecule has 0 aliphatic carbocycles. The highest BCUT2D eigenvalue weighted by molar-refractivity contribution is 6.42. The Morgan fingerprint density at radius 3 is 2.61 bits per heavy atom. The van der Waals surface area contributed by atoms with E-state index in [1.54, 1.807) is 24.3 Å². The monoisotopic (exact) mass is 488 g/mol. The minimum Gasteiger partial charge on any atom is -0.477 e. The summed E-state index contributed by atoms with van der Waals surface area (Å²) in [6, 6.07) is 7.14. The zero-order chi connectivity index (χ0) is 22.9. The lowest BCUT2D eigenvalue weighted by molar-refractivity contribution is 0.0329.